The van der Waals surface area contributed by atoms with Crippen LogP contribution in [0.3, 0.4) is 0 Å². The first-order valence-corrected chi connectivity index (χ1v) is 7.92. The second-order valence-corrected chi connectivity index (χ2v) is 6.25. The highest BCUT2D eigenvalue weighted by atomic mass is 127. The molecule has 20 heavy (non-hydrogen) atoms. The van der Waals surface area contributed by atoms with Gasteiger partial charge in [-0.2, -0.15) is 0 Å². The fourth-order valence-corrected chi connectivity index (χ4v) is 2.78. The molecule has 0 unspecified atom stereocenters. The van der Waals surface area contributed by atoms with E-state index in [1.165, 1.54) is 12.1 Å². The van der Waals surface area contributed by atoms with Crippen molar-refractivity contribution < 1.29 is 9.18 Å². The second kappa shape index (κ2) is 6.67. The third-order valence-electron chi connectivity index (χ3n) is 2.86. The molecular formula is C15H12BrFINO. The van der Waals surface area contributed by atoms with Crippen molar-refractivity contribution in [3.8, 4) is 0 Å². The molecule has 2 nitrogen and oxygen atoms in total. The van der Waals surface area contributed by atoms with Crippen LogP contribution in [0.15, 0.2) is 46.9 Å². The number of rotatable bonds is 3. The highest BCUT2D eigenvalue weighted by molar-refractivity contribution is 14.1. The summed E-state index contributed by atoms with van der Waals surface area (Å²) in [5.41, 5.74) is 1.28. The van der Waals surface area contributed by atoms with Gasteiger partial charge < -0.3 is 4.90 Å². The van der Waals surface area contributed by atoms with Crippen molar-refractivity contribution >= 4 is 50.1 Å². The number of carbonyl (C=O) groups excluding carboxylic acids is 1. The minimum Gasteiger partial charge on any atom is -0.309 e. The molecule has 2 rings (SSSR count). The molecule has 0 saturated carbocycles. The number of halogens is 3. The summed E-state index contributed by atoms with van der Waals surface area (Å²) in [6.45, 7) is 2.41. The maximum absolute atomic E-state index is 13.0. The van der Waals surface area contributed by atoms with E-state index in [2.05, 4.69) is 38.5 Å². The van der Waals surface area contributed by atoms with Crippen LogP contribution in [0.1, 0.15) is 17.3 Å². The molecule has 0 atom stereocenters. The van der Waals surface area contributed by atoms with Crippen molar-refractivity contribution in [1.29, 1.82) is 0 Å². The van der Waals surface area contributed by atoms with Crippen molar-refractivity contribution in [3.05, 3.63) is 61.9 Å². The summed E-state index contributed by atoms with van der Waals surface area (Å²) in [5, 5.41) is 0. The highest BCUT2D eigenvalue weighted by Gasteiger charge is 2.18. The quantitative estimate of drug-likeness (QED) is 0.615. The van der Waals surface area contributed by atoms with Gasteiger partial charge in [-0.15, -0.1) is 0 Å². The summed E-state index contributed by atoms with van der Waals surface area (Å²) in [6.07, 6.45) is 0. The molecule has 0 fully saturated rings. The maximum atomic E-state index is 13.0. The lowest BCUT2D eigenvalue weighted by Gasteiger charge is -2.21. The lowest BCUT2D eigenvalue weighted by molar-refractivity contribution is 0.0987. The Morgan fingerprint density at radius 3 is 2.50 bits per heavy atom. The van der Waals surface area contributed by atoms with Crippen LogP contribution in [-0.2, 0) is 0 Å². The fraction of sp³-hybridized carbons (Fsp3) is 0.133. The Morgan fingerprint density at radius 2 is 1.90 bits per heavy atom. The van der Waals surface area contributed by atoms with E-state index >= 15 is 0 Å². The lowest BCUT2D eigenvalue weighted by atomic mass is 10.2. The van der Waals surface area contributed by atoms with Gasteiger partial charge in [-0.1, -0.05) is 0 Å². The van der Waals surface area contributed by atoms with Crippen LogP contribution >= 0.6 is 38.5 Å². The zero-order valence-electron chi connectivity index (χ0n) is 10.7. The van der Waals surface area contributed by atoms with Gasteiger partial charge in [0, 0.05) is 20.3 Å². The van der Waals surface area contributed by atoms with Crippen LogP contribution in [-0.4, -0.2) is 12.5 Å². The second-order valence-electron chi connectivity index (χ2n) is 4.15. The van der Waals surface area contributed by atoms with E-state index in [1.807, 2.05) is 25.1 Å². The van der Waals surface area contributed by atoms with Crippen molar-refractivity contribution in [1.82, 2.24) is 0 Å². The van der Waals surface area contributed by atoms with Crippen LogP contribution in [0.4, 0.5) is 10.1 Å². The van der Waals surface area contributed by atoms with Gasteiger partial charge in [0.15, 0.2) is 0 Å². The normalized spacial score (nSPS) is 10.4. The number of nitrogens with zero attached hydrogens (tertiary/aromatic N) is 1. The first-order chi connectivity index (χ1) is 9.52. The van der Waals surface area contributed by atoms with Crippen LogP contribution < -0.4 is 4.90 Å². The Balaban J connectivity index is 2.38. The van der Waals surface area contributed by atoms with E-state index in [0.717, 1.165) is 8.04 Å². The van der Waals surface area contributed by atoms with E-state index in [0.29, 0.717) is 17.8 Å². The van der Waals surface area contributed by atoms with Gasteiger partial charge in [-0.3, -0.25) is 4.79 Å². The minimum absolute atomic E-state index is 0.107. The van der Waals surface area contributed by atoms with E-state index in [1.54, 1.807) is 17.0 Å². The summed E-state index contributed by atoms with van der Waals surface area (Å²) >= 11 is 5.57. The summed E-state index contributed by atoms with van der Waals surface area (Å²) in [5.74, 6) is -0.419. The Kier molecular flexibility index (Phi) is 5.15. The Labute approximate surface area is 139 Å². The first-order valence-electron chi connectivity index (χ1n) is 6.05. The van der Waals surface area contributed by atoms with Gasteiger partial charge in [0.25, 0.3) is 5.91 Å². The predicted molar refractivity (Wildman–Crippen MR) is 90.6 cm³/mol. The van der Waals surface area contributed by atoms with E-state index in [4.69, 9.17) is 0 Å². The average molecular weight is 448 g/mol. The van der Waals surface area contributed by atoms with Crippen LogP contribution in [0.2, 0.25) is 0 Å². The van der Waals surface area contributed by atoms with E-state index < -0.39 is 0 Å². The predicted octanol–water partition coefficient (Wildman–Crippen LogP) is 4.86. The van der Waals surface area contributed by atoms with Gasteiger partial charge in [0.05, 0.1) is 5.56 Å². The highest BCUT2D eigenvalue weighted by Crippen LogP contribution is 2.24. The van der Waals surface area contributed by atoms with Crippen LogP contribution in [0, 0.1) is 9.39 Å². The average Bonchev–Trinajstić information content (AvgIpc) is 2.44. The molecule has 0 aliphatic carbocycles. The molecular weight excluding hydrogens is 436 g/mol. The Hall–Kier alpha value is -0.950. The van der Waals surface area contributed by atoms with Crippen molar-refractivity contribution in [2.24, 2.45) is 0 Å². The molecule has 0 aliphatic rings. The Morgan fingerprint density at radius 1 is 1.25 bits per heavy atom. The third kappa shape index (κ3) is 3.38. The lowest BCUT2D eigenvalue weighted by Crippen LogP contribution is -2.30. The number of carbonyl (C=O) groups is 1. The maximum Gasteiger partial charge on any atom is 0.259 e. The number of benzene rings is 2. The summed E-state index contributed by atoms with van der Waals surface area (Å²) in [4.78, 5) is 14.3. The summed E-state index contributed by atoms with van der Waals surface area (Å²) < 4.78 is 14.7. The summed E-state index contributed by atoms with van der Waals surface area (Å²) in [7, 11) is 0. The standard InChI is InChI=1S/C15H12BrFINO/c1-2-19(12-6-3-10(17)4-7-12)15(20)13-9-11(18)5-8-14(13)16/h3-9H,2H2,1H3. The molecule has 5 heteroatoms. The molecule has 0 bridgehead atoms. The number of hydrogen-bond acceptors (Lipinski definition) is 1. The molecule has 0 radical (unpaired) electrons. The number of anilines is 1. The largest absolute Gasteiger partial charge is 0.309 e. The van der Waals surface area contributed by atoms with Crippen LogP contribution in [0.5, 0.6) is 0 Å². The topological polar surface area (TPSA) is 20.3 Å². The molecule has 0 aliphatic heterocycles. The van der Waals surface area contributed by atoms with Gasteiger partial charge in [-0.25, -0.2) is 4.39 Å². The third-order valence-corrected chi connectivity index (χ3v) is 4.22. The van der Waals surface area contributed by atoms with Crippen LogP contribution in [0.25, 0.3) is 0 Å². The minimum atomic E-state index is -0.312. The molecule has 104 valence electrons. The number of hydrogen-bond donors (Lipinski definition) is 0. The van der Waals surface area contributed by atoms with Crippen molar-refractivity contribution in [2.45, 2.75) is 6.92 Å². The van der Waals surface area contributed by atoms with Crippen molar-refractivity contribution in [2.75, 3.05) is 11.4 Å². The monoisotopic (exact) mass is 447 g/mol. The molecule has 0 spiro atoms. The van der Waals surface area contributed by atoms with Crippen molar-refractivity contribution in [3.63, 3.8) is 0 Å². The SMILES string of the molecule is CCN(C(=O)c1cc(I)ccc1Br)c1ccc(F)cc1. The van der Waals surface area contributed by atoms with E-state index in [-0.39, 0.29) is 11.7 Å². The molecule has 0 saturated heterocycles. The smallest absolute Gasteiger partial charge is 0.259 e. The molecule has 0 aromatic heterocycles. The first kappa shape index (κ1) is 15.4. The van der Waals surface area contributed by atoms with Gasteiger partial charge in [-0.05, 0) is 87.9 Å². The molecule has 2 aromatic rings. The number of amides is 1. The Bertz CT molecular complexity index is 630. The van der Waals surface area contributed by atoms with Gasteiger partial charge >= 0.3 is 0 Å². The molecule has 0 N–H and O–H groups in total. The molecule has 2 aromatic carbocycles. The fourth-order valence-electron chi connectivity index (χ4n) is 1.87. The van der Waals surface area contributed by atoms with Gasteiger partial charge in [0.1, 0.15) is 5.82 Å². The van der Waals surface area contributed by atoms with E-state index in [9.17, 15) is 9.18 Å². The molecule has 0 heterocycles. The zero-order chi connectivity index (χ0) is 14.7. The summed E-state index contributed by atoms with van der Waals surface area (Å²) in [6, 6.07) is 11.5. The zero-order valence-corrected chi connectivity index (χ0v) is 14.5. The molecule has 1 amide bonds. The van der Waals surface area contributed by atoms with Gasteiger partial charge in [0.2, 0.25) is 0 Å².